The van der Waals surface area contributed by atoms with Crippen molar-refractivity contribution in [2.45, 2.75) is 26.1 Å². The van der Waals surface area contributed by atoms with Crippen LogP contribution in [0.25, 0.3) is 0 Å². The maximum absolute atomic E-state index is 13.0. The van der Waals surface area contributed by atoms with E-state index in [1.54, 1.807) is 0 Å². The first kappa shape index (κ1) is 16.4. The van der Waals surface area contributed by atoms with Crippen LogP contribution in [0.3, 0.4) is 0 Å². The Labute approximate surface area is 113 Å². The molecule has 0 amide bonds. The number of hydrogen-bond donors (Lipinski definition) is 1. The molecular formula is C13H15F4NO2. The Morgan fingerprint density at radius 3 is 2.30 bits per heavy atom. The molecule has 2 N–H and O–H groups in total. The SMILES string of the molecule is COC(=O)C(C)(C)[C@@H](N)c1ccc(F)cc1C(F)(F)F. The topological polar surface area (TPSA) is 52.3 Å². The highest BCUT2D eigenvalue weighted by atomic mass is 19.4. The van der Waals surface area contributed by atoms with Crippen molar-refractivity contribution in [3.8, 4) is 0 Å². The van der Waals surface area contributed by atoms with Crippen LogP contribution < -0.4 is 5.73 Å². The molecule has 0 unspecified atom stereocenters. The lowest BCUT2D eigenvalue weighted by Gasteiger charge is -2.30. The highest BCUT2D eigenvalue weighted by Gasteiger charge is 2.42. The minimum absolute atomic E-state index is 0.352. The number of halogens is 4. The molecule has 7 heteroatoms. The molecule has 0 aliphatic carbocycles. The van der Waals surface area contributed by atoms with E-state index in [1.807, 2.05) is 0 Å². The van der Waals surface area contributed by atoms with E-state index in [-0.39, 0.29) is 5.56 Å². The van der Waals surface area contributed by atoms with Gasteiger partial charge >= 0.3 is 12.1 Å². The second-order valence-corrected chi connectivity index (χ2v) is 4.92. The van der Waals surface area contributed by atoms with Gasteiger partial charge in [-0.3, -0.25) is 4.79 Å². The van der Waals surface area contributed by atoms with Gasteiger partial charge in [0.1, 0.15) is 5.82 Å². The number of carbonyl (C=O) groups excluding carboxylic acids is 1. The van der Waals surface area contributed by atoms with Crippen LogP contribution in [0.4, 0.5) is 17.6 Å². The van der Waals surface area contributed by atoms with Crippen molar-refractivity contribution in [1.82, 2.24) is 0 Å². The summed E-state index contributed by atoms with van der Waals surface area (Å²) in [7, 11) is 1.12. The van der Waals surface area contributed by atoms with Crippen molar-refractivity contribution in [3.63, 3.8) is 0 Å². The molecular weight excluding hydrogens is 278 g/mol. The third-order valence-electron chi connectivity index (χ3n) is 3.14. The molecule has 1 aromatic rings. The maximum atomic E-state index is 13.0. The number of hydrogen-bond acceptors (Lipinski definition) is 3. The summed E-state index contributed by atoms with van der Waals surface area (Å²) in [6.45, 7) is 2.74. The standard InChI is InChI=1S/C13H15F4NO2/c1-12(2,11(19)20-3)10(18)8-5-4-7(14)6-9(8)13(15,16)17/h4-6,10H,18H2,1-3H3/t10-/m0/s1. The molecule has 0 spiro atoms. The third-order valence-corrected chi connectivity index (χ3v) is 3.14. The van der Waals surface area contributed by atoms with Crippen molar-refractivity contribution in [1.29, 1.82) is 0 Å². The first-order chi connectivity index (χ1) is 9.01. The van der Waals surface area contributed by atoms with Crippen LogP contribution in [0.2, 0.25) is 0 Å². The van der Waals surface area contributed by atoms with Crippen molar-refractivity contribution in [2.24, 2.45) is 11.1 Å². The van der Waals surface area contributed by atoms with Crippen LogP contribution in [0.5, 0.6) is 0 Å². The van der Waals surface area contributed by atoms with Crippen LogP contribution in [-0.4, -0.2) is 13.1 Å². The highest BCUT2D eigenvalue weighted by Crippen LogP contribution is 2.40. The number of esters is 1. The second kappa shape index (κ2) is 5.40. The van der Waals surface area contributed by atoms with E-state index in [4.69, 9.17) is 5.73 Å². The summed E-state index contributed by atoms with van der Waals surface area (Å²) < 4.78 is 56.3. The van der Waals surface area contributed by atoms with Gasteiger partial charge in [0.2, 0.25) is 0 Å². The van der Waals surface area contributed by atoms with Gasteiger partial charge in [-0.2, -0.15) is 13.2 Å². The van der Waals surface area contributed by atoms with Gasteiger partial charge in [0, 0.05) is 6.04 Å². The normalized spacial score (nSPS) is 14.0. The van der Waals surface area contributed by atoms with Gasteiger partial charge in [0.15, 0.2) is 0 Å². The molecule has 0 heterocycles. The minimum atomic E-state index is -4.76. The lowest BCUT2D eigenvalue weighted by molar-refractivity contribution is -0.153. The van der Waals surface area contributed by atoms with E-state index >= 15 is 0 Å². The first-order valence-corrected chi connectivity index (χ1v) is 5.72. The molecule has 0 aliphatic rings. The molecule has 0 saturated carbocycles. The summed E-state index contributed by atoms with van der Waals surface area (Å²) in [5.41, 5.74) is 2.85. The predicted molar refractivity (Wildman–Crippen MR) is 64.1 cm³/mol. The molecule has 0 radical (unpaired) electrons. The van der Waals surface area contributed by atoms with Gasteiger partial charge in [0.25, 0.3) is 0 Å². The number of rotatable bonds is 3. The molecule has 0 bridgehead atoms. The van der Waals surface area contributed by atoms with E-state index in [9.17, 15) is 22.4 Å². The summed E-state index contributed by atoms with van der Waals surface area (Å²) in [6, 6.07) is 0.889. The average Bonchev–Trinajstić information content (AvgIpc) is 2.35. The molecule has 1 aromatic carbocycles. The van der Waals surface area contributed by atoms with Crippen LogP contribution in [0, 0.1) is 11.2 Å². The number of carbonyl (C=O) groups is 1. The minimum Gasteiger partial charge on any atom is -0.469 e. The number of benzene rings is 1. The Balaban J connectivity index is 3.37. The van der Waals surface area contributed by atoms with Gasteiger partial charge in [-0.05, 0) is 31.5 Å². The summed E-state index contributed by atoms with van der Waals surface area (Å²) in [5.74, 6) is -1.77. The fourth-order valence-corrected chi connectivity index (χ4v) is 1.82. The van der Waals surface area contributed by atoms with Gasteiger partial charge in [0.05, 0.1) is 18.1 Å². The Morgan fingerprint density at radius 2 is 1.85 bits per heavy atom. The van der Waals surface area contributed by atoms with Gasteiger partial charge in [-0.1, -0.05) is 6.07 Å². The van der Waals surface area contributed by atoms with Crippen molar-refractivity contribution in [3.05, 3.63) is 35.1 Å². The molecule has 0 saturated heterocycles. The van der Waals surface area contributed by atoms with E-state index < -0.39 is 35.0 Å². The van der Waals surface area contributed by atoms with Crippen LogP contribution in [0.1, 0.15) is 31.0 Å². The number of ether oxygens (including phenoxy) is 1. The monoisotopic (exact) mass is 293 g/mol. The molecule has 1 atom stereocenters. The van der Waals surface area contributed by atoms with E-state index in [0.717, 1.165) is 19.2 Å². The molecule has 0 aliphatic heterocycles. The fraction of sp³-hybridized carbons (Fsp3) is 0.462. The summed E-state index contributed by atoms with van der Waals surface area (Å²) >= 11 is 0. The maximum Gasteiger partial charge on any atom is 0.416 e. The van der Waals surface area contributed by atoms with Crippen molar-refractivity contribution < 1.29 is 27.1 Å². The number of methoxy groups -OCH3 is 1. The number of nitrogens with two attached hydrogens (primary N) is 1. The lowest BCUT2D eigenvalue weighted by Crippen LogP contribution is -2.38. The summed E-state index contributed by atoms with van der Waals surface area (Å²) in [5, 5.41) is 0. The fourth-order valence-electron chi connectivity index (χ4n) is 1.82. The lowest BCUT2D eigenvalue weighted by atomic mass is 9.79. The van der Waals surface area contributed by atoms with E-state index in [1.165, 1.54) is 13.8 Å². The first-order valence-electron chi connectivity index (χ1n) is 5.72. The molecule has 0 aromatic heterocycles. The molecule has 20 heavy (non-hydrogen) atoms. The molecule has 1 rings (SSSR count). The zero-order valence-corrected chi connectivity index (χ0v) is 11.2. The molecule has 112 valence electrons. The van der Waals surface area contributed by atoms with E-state index in [2.05, 4.69) is 4.74 Å². The zero-order valence-electron chi connectivity index (χ0n) is 11.2. The summed E-state index contributed by atoms with van der Waals surface area (Å²) in [4.78, 5) is 11.6. The number of alkyl halides is 3. The smallest absolute Gasteiger partial charge is 0.416 e. The van der Waals surface area contributed by atoms with Crippen LogP contribution in [-0.2, 0) is 15.7 Å². The molecule has 3 nitrogen and oxygen atoms in total. The Kier molecular flexibility index (Phi) is 4.43. The average molecular weight is 293 g/mol. The Bertz CT molecular complexity index is 512. The van der Waals surface area contributed by atoms with Crippen LogP contribution in [0.15, 0.2) is 18.2 Å². The van der Waals surface area contributed by atoms with Gasteiger partial charge < -0.3 is 10.5 Å². The van der Waals surface area contributed by atoms with Crippen molar-refractivity contribution >= 4 is 5.97 Å². The van der Waals surface area contributed by atoms with E-state index in [0.29, 0.717) is 6.07 Å². The van der Waals surface area contributed by atoms with Gasteiger partial charge in [-0.15, -0.1) is 0 Å². The third kappa shape index (κ3) is 3.09. The second-order valence-electron chi connectivity index (χ2n) is 4.92. The highest BCUT2D eigenvalue weighted by molar-refractivity contribution is 5.77. The molecule has 0 fully saturated rings. The van der Waals surface area contributed by atoms with Crippen LogP contribution >= 0.6 is 0 Å². The predicted octanol–water partition coefficient (Wildman–Crippen LogP) is 3.04. The largest absolute Gasteiger partial charge is 0.469 e. The summed E-state index contributed by atoms with van der Waals surface area (Å²) in [6.07, 6.45) is -4.76. The van der Waals surface area contributed by atoms with Crippen molar-refractivity contribution in [2.75, 3.05) is 7.11 Å². The Hall–Kier alpha value is -1.63. The quantitative estimate of drug-likeness (QED) is 0.688. The zero-order chi connectivity index (χ0) is 15.7. The van der Waals surface area contributed by atoms with Gasteiger partial charge in [-0.25, -0.2) is 4.39 Å². The Morgan fingerprint density at radius 1 is 1.30 bits per heavy atom.